The van der Waals surface area contributed by atoms with Gasteiger partial charge in [-0.2, -0.15) is 13.2 Å². The van der Waals surface area contributed by atoms with Gasteiger partial charge in [0.25, 0.3) is 5.91 Å². The summed E-state index contributed by atoms with van der Waals surface area (Å²) in [6, 6.07) is 6.11. The normalized spacial score (nSPS) is 22.5. The molecule has 0 bridgehead atoms. The van der Waals surface area contributed by atoms with E-state index < -0.39 is 17.6 Å². The van der Waals surface area contributed by atoms with E-state index in [1.54, 1.807) is 12.4 Å². The van der Waals surface area contributed by atoms with Crippen molar-refractivity contribution in [3.8, 4) is 0 Å². The monoisotopic (exact) mass is 473 g/mol. The first-order chi connectivity index (χ1) is 16.2. The Balaban J connectivity index is 1.40. The van der Waals surface area contributed by atoms with Crippen molar-refractivity contribution in [1.29, 1.82) is 0 Å². The molecule has 9 heteroatoms. The van der Waals surface area contributed by atoms with Gasteiger partial charge in [0.2, 0.25) is 0 Å². The molecule has 1 aromatic heterocycles. The summed E-state index contributed by atoms with van der Waals surface area (Å²) in [5.74, 6) is 1.30. The van der Waals surface area contributed by atoms with Gasteiger partial charge in [-0.15, -0.1) is 0 Å². The Morgan fingerprint density at radius 2 is 1.74 bits per heavy atom. The molecule has 1 heterocycles. The Morgan fingerprint density at radius 1 is 1.09 bits per heavy atom. The van der Waals surface area contributed by atoms with E-state index in [9.17, 15) is 18.0 Å². The standard InChI is InChI=1S/C25H30F3N5O/c1-24(12-2-13-24)33-23(32-22(34)18-6-8-19(9-7-18)25(26,27)28)31-20-10-4-17(5-11-20)16-21-29-14-3-15-30-21/h3,6-9,14-15,17,20H,2,4-5,10-13,16H2,1H3,(H2,31,32,33,34). The van der Waals surface area contributed by atoms with Gasteiger partial charge in [-0.05, 0) is 88.1 Å². The number of carbonyl (C=O) groups is 1. The maximum Gasteiger partial charge on any atom is 0.416 e. The van der Waals surface area contributed by atoms with Crippen LogP contribution in [0.25, 0.3) is 0 Å². The Labute approximate surface area is 197 Å². The number of benzene rings is 1. The molecule has 34 heavy (non-hydrogen) atoms. The second-order valence-electron chi connectivity index (χ2n) is 9.59. The second-order valence-corrected chi connectivity index (χ2v) is 9.59. The Hall–Kier alpha value is -2.97. The van der Waals surface area contributed by atoms with Crippen molar-refractivity contribution in [2.75, 3.05) is 0 Å². The number of aliphatic imine (C=N–C) groups is 1. The number of amides is 1. The molecule has 4 rings (SSSR count). The van der Waals surface area contributed by atoms with Gasteiger partial charge in [0, 0.05) is 29.9 Å². The van der Waals surface area contributed by atoms with Crippen LogP contribution in [0, 0.1) is 5.92 Å². The van der Waals surface area contributed by atoms with Gasteiger partial charge in [-0.25, -0.2) is 15.0 Å². The van der Waals surface area contributed by atoms with E-state index in [1.807, 2.05) is 6.07 Å². The zero-order valence-corrected chi connectivity index (χ0v) is 19.2. The fourth-order valence-corrected chi connectivity index (χ4v) is 4.56. The van der Waals surface area contributed by atoms with Crippen molar-refractivity contribution in [3.63, 3.8) is 0 Å². The number of carbonyl (C=O) groups excluding carboxylic acids is 1. The molecule has 2 aliphatic rings. The Kier molecular flexibility index (Phi) is 7.19. The topological polar surface area (TPSA) is 79.3 Å². The van der Waals surface area contributed by atoms with Crippen molar-refractivity contribution >= 4 is 11.9 Å². The van der Waals surface area contributed by atoms with Crippen LogP contribution in [0.5, 0.6) is 0 Å². The molecule has 2 aromatic rings. The molecular weight excluding hydrogens is 443 g/mol. The first-order valence-electron chi connectivity index (χ1n) is 11.8. The summed E-state index contributed by atoms with van der Waals surface area (Å²) in [6.45, 7) is 2.09. The van der Waals surface area contributed by atoms with Gasteiger partial charge in [-0.1, -0.05) is 0 Å². The van der Waals surface area contributed by atoms with E-state index in [4.69, 9.17) is 4.99 Å². The zero-order chi connectivity index (χ0) is 24.2. The molecule has 2 fully saturated rings. The molecule has 0 atom stereocenters. The minimum absolute atomic E-state index is 0.0759. The van der Waals surface area contributed by atoms with E-state index in [2.05, 4.69) is 27.5 Å². The predicted octanol–water partition coefficient (Wildman–Crippen LogP) is 4.91. The highest BCUT2D eigenvalue weighted by Crippen LogP contribution is 2.32. The average Bonchev–Trinajstić information content (AvgIpc) is 2.79. The molecule has 0 radical (unpaired) electrons. The predicted molar refractivity (Wildman–Crippen MR) is 123 cm³/mol. The lowest BCUT2D eigenvalue weighted by Crippen LogP contribution is -2.56. The molecule has 182 valence electrons. The zero-order valence-electron chi connectivity index (χ0n) is 19.2. The van der Waals surface area contributed by atoms with Gasteiger partial charge in [0.05, 0.1) is 11.6 Å². The smallest absolute Gasteiger partial charge is 0.351 e. The minimum atomic E-state index is -4.44. The van der Waals surface area contributed by atoms with E-state index in [0.717, 1.165) is 69.3 Å². The van der Waals surface area contributed by atoms with Crippen molar-refractivity contribution in [3.05, 3.63) is 59.7 Å². The van der Waals surface area contributed by atoms with Crippen LogP contribution in [0.3, 0.4) is 0 Å². The molecule has 0 aliphatic heterocycles. The van der Waals surface area contributed by atoms with Crippen LogP contribution >= 0.6 is 0 Å². The van der Waals surface area contributed by atoms with Crippen LogP contribution in [0.4, 0.5) is 13.2 Å². The Morgan fingerprint density at radius 3 is 2.29 bits per heavy atom. The Bertz CT molecular complexity index is 995. The molecular formula is C25H30F3N5O. The lowest BCUT2D eigenvalue weighted by Gasteiger charge is -2.40. The summed E-state index contributed by atoms with van der Waals surface area (Å²) in [5, 5.41) is 6.20. The summed E-state index contributed by atoms with van der Waals surface area (Å²) >= 11 is 0. The molecule has 6 nitrogen and oxygen atoms in total. The fourth-order valence-electron chi connectivity index (χ4n) is 4.56. The number of nitrogens with zero attached hydrogens (tertiary/aromatic N) is 3. The first kappa shape index (κ1) is 24.2. The molecule has 2 N–H and O–H groups in total. The maximum atomic E-state index is 12.8. The highest BCUT2D eigenvalue weighted by atomic mass is 19.4. The summed E-state index contributed by atoms with van der Waals surface area (Å²) in [5.41, 5.74) is -0.753. The number of nitrogens with one attached hydrogen (secondary N) is 2. The molecule has 0 saturated heterocycles. The van der Waals surface area contributed by atoms with Crippen LogP contribution in [-0.4, -0.2) is 33.4 Å². The number of alkyl halides is 3. The number of rotatable bonds is 5. The number of aromatic nitrogens is 2. The molecule has 1 aromatic carbocycles. The second kappa shape index (κ2) is 10.1. The van der Waals surface area contributed by atoms with Crippen molar-refractivity contribution < 1.29 is 18.0 Å². The SMILES string of the molecule is CC1(NC(=NC2CCC(Cc3ncccn3)CC2)NC(=O)c2ccc(C(F)(F)F)cc2)CCC1. The van der Waals surface area contributed by atoms with Crippen LogP contribution in [0.15, 0.2) is 47.7 Å². The summed E-state index contributed by atoms with van der Waals surface area (Å²) in [7, 11) is 0. The quantitative estimate of drug-likeness (QED) is 0.478. The van der Waals surface area contributed by atoms with Crippen molar-refractivity contribution in [1.82, 2.24) is 20.6 Å². The molecule has 0 unspecified atom stereocenters. The summed E-state index contributed by atoms with van der Waals surface area (Å²) in [6.07, 6.45) is 6.80. The molecule has 2 aliphatic carbocycles. The third-order valence-corrected chi connectivity index (χ3v) is 6.80. The van der Waals surface area contributed by atoms with Crippen LogP contribution in [0.1, 0.15) is 73.6 Å². The largest absolute Gasteiger partial charge is 0.416 e. The molecule has 0 spiro atoms. The van der Waals surface area contributed by atoms with Gasteiger partial charge in [0.15, 0.2) is 5.96 Å². The fraction of sp³-hybridized carbons (Fsp3) is 0.520. The number of hydrogen-bond acceptors (Lipinski definition) is 4. The third kappa shape index (κ3) is 6.33. The van der Waals surface area contributed by atoms with Crippen LogP contribution in [-0.2, 0) is 12.6 Å². The molecule has 2 saturated carbocycles. The highest BCUT2D eigenvalue weighted by Gasteiger charge is 2.34. The molecule has 1 amide bonds. The number of hydrogen-bond donors (Lipinski definition) is 2. The first-order valence-corrected chi connectivity index (χ1v) is 11.8. The van der Waals surface area contributed by atoms with E-state index in [0.29, 0.717) is 11.9 Å². The lowest BCUT2D eigenvalue weighted by molar-refractivity contribution is -0.137. The van der Waals surface area contributed by atoms with Gasteiger partial charge < -0.3 is 5.32 Å². The van der Waals surface area contributed by atoms with Gasteiger partial charge in [0.1, 0.15) is 5.82 Å². The van der Waals surface area contributed by atoms with E-state index >= 15 is 0 Å². The summed E-state index contributed by atoms with van der Waals surface area (Å²) in [4.78, 5) is 26.2. The van der Waals surface area contributed by atoms with Crippen molar-refractivity contribution in [2.24, 2.45) is 10.9 Å². The minimum Gasteiger partial charge on any atom is -0.351 e. The van der Waals surface area contributed by atoms with E-state index in [1.165, 1.54) is 12.1 Å². The van der Waals surface area contributed by atoms with Gasteiger partial charge >= 0.3 is 6.18 Å². The average molecular weight is 474 g/mol. The summed E-state index contributed by atoms with van der Waals surface area (Å²) < 4.78 is 38.5. The lowest BCUT2D eigenvalue weighted by atomic mass is 9.79. The third-order valence-electron chi connectivity index (χ3n) is 6.80. The van der Waals surface area contributed by atoms with E-state index in [-0.39, 0.29) is 17.1 Å². The maximum absolute atomic E-state index is 12.8. The van der Waals surface area contributed by atoms with Gasteiger partial charge in [-0.3, -0.25) is 10.1 Å². The van der Waals surface area contributed by atoms with Crippen molar-refractivity contribution in [2.45, 2.75) is 76.0 Å². The number of guanidine groups is 1. The van der Waals surface area contributed by atoms with Crippen LogP contribution < -0.4 is 10.6 Å². The van der Waals surface area contributed by atoms with Crippen LogP contribution in [0.2, 0.25) is 0 Å². The highest BCUT2D eigenvalue weighted by molar-refractivity contribution is 6.06. The number of halogens is 3.